The fraction of sp³-hybridized carbons (Fsp3) is 0.133. The number of hydrogen-bond donors (Lipinski definition) is 3. The van der Waals surface area contributed by atoms with Gasteiger partial charge in [-0.3, -0.25) is 5.32 Å². The van der Waals surface area contributed by atoms with Crippen LogP contribution in [0.4, 0.5) is 9.80 Å². The van der Waals surface area contributed by atoms with Crippen LogP contribution in [0.2, 0.25) is 0 Å². The maximum absolute atomic E-state index is 11.7. The number of amides is 2. The summed E-state index contributed by atoms with van der Waals surface area (Å²) in [4.78, 5) is 14.9. The first kappa shape index (κ1) is 15.2. The fourth-order valence-corrected chi connectivity index (χ4v) is 4.32. The first-order valence-electron chi connectivity index (χ1n) is 6.62. The molecule has 22 heavy (non-hydrogen) atoms. The molecule has 0 unspecified atom stereocenters. The molecule has 0 aliphatic carbocycles. The Morgan fingerprint density at radius 3 is 2.64 bits per heavy atom. The van der Waals surface area contributed by atoms with Crippen molar-refractivity contribution in [2.75, 3.05) is 11.9 Å². The van der Waals surface area contributed by atoms with E-state index in [2.05, 4.69) is 16.7 Å². The number of hydrogen-bond acceptors (Lipinski definition) is 5. The van der Waals surface area contributed by atoms with Crippen molar-refractivity contribution in [3.05, 3.63) is 52.0 Å². The summed E-state index contributed by atoms with van der Waals surface area (Å²) < 4.78 is 0. The molecule has 3 aromatic rings. The van der Waals surface area contributed by atoms with Gasteiger partial charge in [-0.2, -0.15) is 0 Å². The first-order chi connectivity index (χ1) is 10.7. The molecule has 0 spiro atoms. The molecule has 0 fully saturated rings. The van der Waals surface area contributed by atoms with E-state index in [0.717, 1.165) is 14.8 Å². The number of carbonyl (C=O) groups is 1. The quantitative estimate of drug-likeness (QED) is 0.639. The zero-order valence-electron chi connectivity index (χ0n) is 11.5. The molecule has 4 nitrogen and oxygen atoms in total. The van der Waals surface area contributed by atoms with Crippen LogP contribution in [-0.4, -0.2) is 17.7 Å². The second-order valence-corrected chi connectivity index (χ2v) is 7.52. The molecule has 0 radical (unpaired) electrons. The molecule has 0 aliphatic heterocycles. The van der Waals surface area contributed by atoms with Crippen molar-refractivity contribution in [3.63, 3.8) is 0 Å². The number of rotatable bonds is 5. The summed E-state index contributed by atoms with van der Waals surface area (Å²) in [5, 5.41) is 20.3. The molecule has 0 aromatic carbocycles. The van der Waals surface area contributed by atoms with Crippen LogP contribution in [0.25, 0.3) is 9.75 Å². The maximum atomic E-state index is 11.7. The Morgan fingerprint density at radius 1 is 1.09 bits per heavy atom. The SMILES string of the molecule is O=C(NC[C@H](O)c1ccc(-c2cccs2)s1)Nc1cccs1. The van der Waals surface area contributed by atoms with Gasteiger partial charge in [-0.25, -0.2) is 4.79 Å². The summed E-state index contributed by atoms with van der Waals surface area (Å²) in [6, 6.07) is 11.4. The average molecular weight is 350 g/mol. The molecule has 1 atom stereocenters. The smallest absolute Gasteiger partial charge is 0.319 e. The van der Waals surface area contributed by atoms with Gasteiger partial charge < -0.3 is 10.4 Å². The Balaban J connectivity index is 1.53. The fourth-order valence-electron chi connectivity index (χ4n) is 1.88. The summed E-state index contributed by atoms with van der Waals surface area (Å²) in [5.74, 6) is 0. The van der Waals surface area contributed by atoms with Crippen LogP contribution in [-0.2, 0) is 0 Å². The molecular weight excluding hydrogens is 336 g/mol. The highest BCUT2D eigenvalue weighted by Gasteiger charge is 2.13. The molecule has 0 bridgehead atoms. The van der Waals surface area contributed by atoms with Crippen molar-refractivity contribution in [1.29, 1.82) is 0 Å². The van der Waals surface area contributed by atoms with Crippen molar-refractivity contribution in [2.24, 2.45) is 0 Å². The molecular formula is C15H14N2O2S3. The van der Waals surface area contributed by atoms with Gasteiger partial charge in [0.05, 0.1) is 11.5 Å². The summed E-state index contributed by atoms with van der Waals surface area (Å²) >= 11 is 4.67. The van der Waals surface area contributed by atoms with Crippen molar-refractivity contribution in [1.82, 2.24) is 5.32 Å². The van der Waals surface area contributed by atoms with E-state index in [1.54, 1.807) is 22.7 Å². The lowest BCUT2D eigenvalue weighted by molar-refractivity contribution is 0.178. The summed E-state index contributed by atoms with van der Waals surface area (Å²) in [6.45, 7) is 0.182. The van der Waals surface area contributed by atoms with Gasteiger partial charge in [0.25, 0.3) is 0 Å². The van der Waals surface area contributed by atoms with Crippen molar-refractivity contribution < 1.29 is 9.90 Å². The Morgan fingerprint density at radius 2 is 1.91 bits per heavy atom. The molecule has 0 saturated heterocycles. The first-order valence-corrected chi connectivity index (χ1v) is 9.20. The number of anilines is 1. The summed E-state index contributed by atoms with van der Waals surface area (Å²) in [5.41, 5.74) is 0. The summed E-state index contributed by atoms with van der Waals surface area (Å²) in [7, 11) is 0. The minimum Gasteiger partial charge on any atom is -0.386 e. The van der Waals surface area contributed by atoms with Gasteiger partial charge in [0.15, 0.2) is 0 Å². The zero-order valence-corrected chi connectivity index (χ0v) is 13.9. The van der Waals surface area contributed by atoms with Gasteiger partial charge in [0.1, 0.15) is 6.10 Å². The number of carbonyl (C=O) groups excluding carboxylic acids is 1. The van der Waals surface area contributed by atoms with Crippen LogP contribution < -0.4 is 10.6 Å². The van der Waals surface area contributed by atoms with Gasteiger partial charge in [0.2, 0.25) is 0 Å². The second-order valence-electron chi connectivity index (χ2n) is 4.51. The molecule has 114 valence electrons. The molecule has 2 amide bonds. The topological polar surface area (TPSA) is 61.4 Å². The lowest BCUT2D eigenvalue weighted by Gasteiger charge is -2.10. The van der Waals surface area contributed by atoms with E-state index in [9.17, 15) is 9.90 Å². The largest absolute Gasteiger partial charge is 0.386 e. The predicted molar refractivity (Wildman–Crippen MR) is 93.9 cm³/mol. The van der Waals surface area contributed by atoms with Crippen LogP contribution in [0.15, 0.2) is 47.2 Å². The van der Waals surface area contributed by atoms with E-state index >= 15 is 0 Å². The van der Waals surface area contributed by atoms with Crippen LogP contribution in [0, 0.1) is 0 Å². The Bertz CT molecular complexity index is 720. The number of nitrogens with one attached hydrogen (secondary N) is 2. The van der Waals surface area contributed by atoms with E-state index in [1.165, 1.54) is 16.2 Å². The van der Waals surface area contributed by atoms with Gasteiger partial charge in [-0.05, 0) is 41.1 Å². The third kappa shape index (κ3) is 3.75. The number of aliphatic hydroxyl groups is 1. The Kier molecular flexibility index (Phi) is 4.89. The van der Waals surface area contributed by atoms with Crippen molar-refractivity contribution >= 4 is 45.0 Å². The molecule has 7 heteroatoms. The molecule has 3 N–H and O–H groups in total. The lowest BCUT2D eigenvalue weighted by atomic mass is 10.3. The van der Waals surface area contributed by atoms with Gasteiger partial charge in [-0.1, -0.05) is 6.07 Å². The average Bonchev–Trinajstić information content (AvgIpc) is 3.23. The van der Waals surface area contributed by atoms with Crippen LogP contribution >= 0.6 is 34.0 Å². The standard InChI is InChI=1S/C15H14N2O2S3/c18-10(9-16-15(19)17-14-4-2-8-21-14)11-5-6-13(22-11)12-3-1-7-20-12/h1-8,10,18H,9H2,(H2,16,17,19)/t10-/m0/s1. The molecule has 3 rings (SSSR count). The monoisotopic (exact) mass is 350 g/mol. The normalized spacial score (nSPS) is 12.0. The minimum atomic E-state index is -0.701. The Hall–Kier alpha value is -1.67. The highest BCUT2D eigenvalue weighted by Crippen LogP contribution is 2.33. The van der Waals surface area contributed by atoms with Crippen LogP contribution in [0.1, 0.15) is 11.0 Å². The van der Waals surface area contributed by atoms with E-state index in [0.29, 0.717) is 0 Å². The van der Waals surface area contributed by atoms with Crippen LogP contribution in [0.5, 0.6) is 0 Å². The van der Waals surface area contributed by atoms with Gasteiger partial charge in [-0.15, -0.1) is 34.0 Å². The Labute approximate surface area is 140 Å². The lowest BCUT2D eigenvalue weighted by Crippen LogP contribution is -2.31. The molecule has 3 aromatic heterocycles. The zero-order chi connectivity index (χ0) is 15.4. The maximum Gasteiger partial charge on any atom is 0.319 e. The number of urea groups is 1. The number of thiophene rings is 3. The van der Waals surface area contributed by atoms with E-state index in [1.807, 2.05) is 41.1 Å². The second kappa shape index (κ2) is 7.06. The highest BCUT2D eigenvalue weighted by molar-refractivity contribution is 7.21. The third-order valence-corrected chi connectivity index (χ3v) is 5.97. The van der Waals surface area contributed by atoms with Gasteiger partial charge >= 0.3 is 6.03 Å². The van der Waals surface area contributed by atoms with E-state index < -0.39 is 6.10 Å². The van der Waals surface area contributed by atoms with Crippen LogP contribution in [0.3, 0.4) is 0 Å². The van der Waals surface area contributed by atoms with Crippen molar-refractivity contribution in [2.45, 2.75) is 6.10 Å². The third-order valence-electron chi connectivity index (χ3n) is 2.93. The van der Waals surface area contributed by atoms with E-state index in [4.69, 9.17) is 0 Å². The summed E-state index contributed by atoms with van der Waals surface area (Å²) in [6.07, 6.45) is -0.701. The molecule has 3 heterocycles. The van der Waals surface area contributed by atoms with Crippen molar-refractivity contribution in [3.8, 4) is 9.75 Å². The minimum absolute atomic E-state index is 0.182. The number of aliphatic hydroxyl groups excluding tert-OH is 1. The molecule has 0 saturated carbocycles. The highest BCUT2D eigenvalue weighted by atomic mass is 32.1. The molecule has 0 aliphatic rings. The predicted octanol–water partition coefficient (Wildman–Crippen LogP) is 4.39. The van der Waals surface area contributed by atoms with Gasteiger partial charge in [0, 0.05) is 14.6 Å². The van der Waals surface area contributed by atoms with E-state index in [-0.39, 0.29) is 12.6 Å².